The minimum atomic E-state index is -0.196. The molecule has 1 aliphatic carbocycles. The lowest BCUT2D eigenvalue weighted by atomic mass is 9.69. The first-order chi connectivity index (χ1) is 14.3. The van der Waals surface area contributed by atoms with E-state index in [-0.39, 0.29) is 22.9 Å². The van der Waals surface area contributed by atoms with E-state index in [2.05, 4.69) is 19.2 Å². The number of rotatable bonds is 2. The zero-order valence-corrected chi connectivity index (χ0v) is 17.4. The van der Waals surface area contributed by atoms with E-state index < -0.39 is 0 Å². The van der Waals surface area contributed by atoms with E-state index >= 15 is 0 Å². The first-order valence-electron chi connectivity index (χ1n) is 10.3. The zero-order valence-electron chi connectivity index (χ0n) is 17.4. The van der Waals surface area contributed by atoms with Crippen LogP contribution in [0.5, 0.6) is 5.75 Å². The number of ketones is 1. The van der Waals surface area contributed by atoms with Crippen LogP contribution >= 0.6 is 0 Å². The van der Waals surface area contributed by atoms with Crippen molar-refractivity contribution in [3.8, 4) is 11.4 Å². The van der Waals surface area contributed by atoms with Crippen molar-refractivity contribution in [3.05, 3.63) is 82.7 Å². The van der Waals surface area contributed by atoms with Crippen LogP contribution < -0.4 is 5.32 Å². The second-order valence-electron chi connectivity index (χ2n) is 9.08. The molecule has 1 atom stereocenters. The van der Waals surface area contributed by atoms with Gasteiger partial charge < -0.3 is 10.4 Å². The van der Waals surface area contributed by atoms with E-state index in [1.54, 1.807) is 12.1 Å². The number of benzene rings is 2. The van der Waals surface area contributed by atoms with Gasteiger partial charge in [0.2, 0.25) is 0 Å². The van der Waals surface area contributed by atoms with Gasteiger partial charge in [-0.05, 0) is 48.6 Å². The van der Waals surface area contributed by atoms with Crippen molar-refractivity contribution in [3.63, 3.8) is 0 Å². The SMILES string of the molecule is Cc1nn(-c2ccccc2)c2c1C(c1ccc(O)cc1)C1=C(CC(C)(C)CC1=O)N2. The fraction of sp³-hybridized carbons (Fsp3) is 0.280. The van der Waals surface area contributed by atoms with Gasteiger partial charge in [-0.25, -0.2) is 4.68 Å². The molecule has 0 spiro atoms. The van der Waals surface area contributed by atoms with Gasteiger partial charge in [0, 0.05) is 29.2 Å². The van der Waals surface area contributed by atoms with Crippen LogP contribution in [0.4, 0.5) is 5.82 Å². The van der Waals surface area contributed by atoms with Crippen LogP contribution in [0.2, 0.25) is 0 Å². The summed E-state index contributed by atoms with van der Waals surface area (Å²) in [6.45, 7) is 6.28. The van der Waals surface area contributed by atoms with Crippen LogP contribution in [0.25, 0.3) is 5.69 Å². The Hall–Kier alpha value is -3.34. The second kappa shape index (κ2) is 6.59. The number of nitrogens with zero attached hydrogens (tertiary/aromatic N) is 2. The molecule has 0 radical (unpaired) electrons. The third-order valence-corrected chi connectivity index (χ3v) is 6.10. The summed E-state index contributed by atoms with van der Waals surface area (Å²) in [6.07, 6.45) is 1.34. The predicted molar refractivity (Wildman–Crippen MR) is 117 cm³/mol. The van der Waals surface area contributed by atoms with Gasteiger partial charge in [-0.2, -0.15) is 5.10 Å². The van der Waals surface area contributed by atoms with E-state index in [1.165, 1.54) is 0 Å². The Morgan fingerprint density at radius 1 is 1.07 bits per heavy atom. The van der Waals surface area contributed by atoms with Crippen molar-refractivity contribution in [1.82, 2.24) is 9.78 Å². The van der Waals surface area contributed by atoms with Gasteiger partial charge >= 0.3 is 0 Å². The number of allylic oxidation sites excluding steroid dienone is 2. The van der Waals surface area contributed by atoms with E-state index in [4.69, 9.17) is 5.10 Å². The van der Waals surface area contributed by atoms with E-state index in [9.17, 15) is 9.90 Å². The molecular weight excluding hydrogens is 374 g/mol. The Balaban J connectivity index is 1.76. The summed E-state index contributed by atoms with van der Waals surface area (Å²) in [7, 11) is 0. The Bertz CT molecular complexity index is 1170. The Morgan fingerprint density at radius 3 is 2.47 bits per heavy atom. The highest BCUT2D eigenvalue weighted by Crippen LogP contribution is 2.50. The lowest BCUT2D eigenvalue weighted by Gasteiger charge is -2.38. The van der Waals surface area contributed by atoms with Gasteiger partial charge in [-0.15, -0.1) is 0 Å². The van der Waals surface area contributed by atoms with E-state index in [1.807, 2.05) is 54.1 Å². The molecule has 2 aliphatic rings. The average molecular weight is 399 g/mol. The molecule has 5 heteroatoms. The predicted octanol–water partition coefficient (Wildman–Crippen LogP) is 5.09. The Morgan fingerprint density at radius 2 is 1.77 bits per heavy atom. The number of carbonyl (C=O) groups excluding carboxylic acids is 1. The highest BCUT2D eigenvalue weighted by Gasteiger charge is 2.42. The molecule has 152 valence electrons. The fourth-order valence-electron chi connectivity index (χ4n) is 4.83. The van der Waals surface area contributed by atoms with Gasteiger partial charge in [-0.3, -0.25) is 4.79 Å². The maximum atomic E-state index is 13.3. The van der Waals surface area contributed by atoms with Gasteiger partial charge in [0.25, 0.3) is 0 Å². The molecular formula is C25H25N3O2. The molecule has 30 heavy (non-hydrogen) atoms. The first kappa shape index (κ1) is 18.7. The smallest absolute Gasteiger partial charge is 0.162 e. The summed E-state index contributed by atoms with van der Waals surface area (Å²) in [5, 5.41) is 18.2. The molecule has 0 amide bonds. The summed E-state index contributed by atoms with van der Waals surface area (Å²) < 4.78 is 1.94. The maximum Gasteiger partial charge on any atom is 0.162 e. The molecule has 0 bridgehead atoms. The molecule has 0 saturated heterocycles. The summed E-state index contributed by atoms with van der Waals surface area (Å²) in [5.74, 6) is 1.12. The van der Waals surface area contributed by atoms with Crippen LogP contribution in [0.15, 0.2) is 65.9 Å². The van der Waals surface area contributed by atoms with Gasteiger partial charge in [-0.1, -0.05) is 44.2 Å². The van der Waals surface area contributed by atoms with Crippen LogP contribution in [-0.4, -0.2) is 20.7 Å². The molecule has 1 unspecified atom stereocenters. The van der Waals surface area contributed by atoms with Crippen molar-refractivity contribution in [2.24, 2.45) is 5.41 Å². The average Bonchev–Trinajstić information content (AvgIpc) is 3.03. The largest absolute Gasteiger partial charge is 0.508 e. The molecule has 2 aromatic carbocycles. The van der Waals surface area contributed by atoms with E-state index in [0.717, 1.165) is 46.0 Å². The number of nitrogens with one attached hydrogen (secondary N) is 1. The molecule has 3 aromatic rings. The molecule has 1 aromatic heterocycles. The molecule has 1 aliphatic heterocycles. The second-order valence-corrected chi connectivity index (χ2v) is 9.08. The topological polar surface area (TPSA) is 67.1 Å². The highest BCUT2D eigenvalue weighted by molar-refractivity contribution is 6.01. The number of aryl methyl sites for hydroxylation is 1. The number of carbonyl (C=O) groups is 1. The zero-order chi connectivity index (χ0) is 21.0. The molecule has 0 saturated carbocycles. The van der Waals surface area contributed by atoms with Gasteiger partial charge in [0.1, 0.15) is 11.6 Å². The van der Waals surface area contributed by atoms with Gasteiger partial charge in [0.15, 0.2) is 5.78 Å². The summed E-state index contributed by atoms with van der Waals surface area (Å²) >= 11 is 0. The number of fused-ring (bicyclic) bond motifs is 1. The minimum Gasteiger partial charge on any atom is -0.508 e. The van der Waals surface area contributed by atoms with Gasteiger partial charge in [0.05, 0.1) is 11.4 Å². The lowest BCUT2D eigenvalue weighted by molar-refractivity contribution is -0.118. The number of para-hydroxylation sites is 1. The van der Waals surface area contributed by atoms with Crippen molar-refractivity contribution >= 4 is 11.6 Å². The first-order valence-corrected chi connectivity index (χ1v) is 10.3. The molecule has 2 N–H and O–H groups in total. The number of Topliss-reactive ketones (excluding diaryl/α,β-unsaturated/α-hetero) is 1. The normalized spacial score (nSPS) is 19.8. The maximum absolute atomic E-state index is 13.3. The molecule has 2 heterocycles. The van der Waals surface area contributed by atoms with Crippen LogP contribution in [0, 0.1) is 12.3 Å². The number of phenolic OH excluding ortho intramolecular Hbond substituents is 1. The summed E-state index contributed by atoms with van der Waals surface area (Å²) in [5.41, 5.74) is 5.62. The standard InChI is InChI=1S/C25H25N3O2/c1-15-21-22(16-9-11-18(29)12-10-16)23-19(13-25(2,3)14-20(23)30)26-24(21)28(27-15)17-7-5-4-6-8-17/h4-12,22,26,29H,13-14H2,1-3H3. The van der Waals surface area contributed by atoms with Crippen molar-refractivity contribution in [2.75, 3.05) is 5.32 Å². The number of anilines is 1. The van der Waals surface area contributed by atoms with E-state index in [0.29, 0.717) is 6.42 Å². The van der Waals surface area contributed by atoms with Crippen LogP contribution in [-0.2, 0) is 4.79 Å². The summed E-state index contributed by atoms with van der Waals surface area (Å²) in [6, 6.07) is 17.2. The Labute approximate surface area is 176 Å². The molecule has 5 rings (SSSR count). The van der Waals surface area contributed by atoms with Crippen molar-refractivity contribution < 1.29 is 9.90 Å². The number of aromatic nitrogens is 2. The summed E-state index contributed by atoms with van der Waals surface area (Å²) in [4.78, 5) is 13.3. The Kier molecular flexibility index (Phi) is 4.10. The minimum absolute atomic E-state index is 0.0907. The number of phenols is 1. The number of hydrogen-bond acceptors (Lipinski definition) is 4. The molecule has 0 fully saturated rings. The highest BCUT2D eigenvalue weighted by atomic mass is 16.3. The lowest BCUT2D eigenvalue weighted by Crippen LogP contribution is -2.34. The third-order valence-electron chi connectivity index (χ3n) is 6.10. The number of hydrogen-bond donors (Lipinski definition) is 2. The third kappa shape index (κ3) is 2.93. The van der Waals surface area contributed by atoms with Crippen molar-refractivity contribution in [2.45, 2.75) is 39.5 Å². The number of aromatic hydroxyl groups is 1. The monoisotopic (exact) mass is 399 g/mol. The van der Waals surface area contributed by atoms with Crippen LogP contribution in [0.3, 0.4) is 0 Å². The quantitative estimate of drug-likeness (QED) is 0.630. The van der Waals surface area contributed by atoms with Crippen LogP contribution in [0.1, 0.15) is 49.4 Å². The fourth-order valence-corrected chi connectivity index (χ4v) is 4.83. The van der Waals surface area contributed by atoms with Crippen molar-refractivity contribution in [1.29, 1.82) is 0 Å². The molecule has 5 nitrogen and oxygen atoms in total.